The molecule has 1 amide bonds. The Morgan fingerprint density at radius 3 is 2.71 bits per heavy atom. The molecule has 0 saturated carbocycles. The van der Waals surface area contributed by atoms with Crippen molar-refractivity contribution in [2.75, 3.05) is 5.75 Å². The molecular weight excluding hydrogens is 325 g/mol. The van der Waals surface area contributed by atoms with Gasteiger partial charge in [0.25, 0.3) is 0 Å². The number of carbonyl (C=O) groups is 1. The molecule has 0 aliphatic rings. The molecule has 0 saturated heterocycles. The Balaban J connectivity index is 1.49. The molecule has 1 atom stereocenters. The van der Waals surface area contributed by atoms with E-state index in [1.807, 2.05) is 37.3 Å². The first-order valence-corrected chi connectivity index (χ1v) is 8.76. The van der Waals surface area contributed by atoms with Crippen LogP contribution in [0.1, 0.15) is 25.1 Å². The molecule has 0 fully saturated rings. The number of benzene rings is 2. The quantitative estimate of drug-likeness (QED) is 0.645. The summed E-state index contributed by atoms with van der Waals surface area (Å²) in [6.45, 7) is 1.91. The number of furan rings is 1. The van der Waals surface area contributed by atoms with Crippen LogP contribution in [0.4, 0.5) is 4.39 Å². The van der Waals surface area contributed by atoms with Crippen LogP contribution in [0.25, 0.3) is 11.0 Å². The van der Waals surface area contributed by atoms with Crippen LogP contribution in [-0.2, 0) is 4.79 Å². The third kappa shape index (κ3) is 4.17. The number of nitrogens with one attached hydrogen (secondary N) is 1. The van der Waals surface area contributed by atoms with Gasteiger partial charge in [-0.05, 0) is 43.3 Å². The van der Waals surface area contributed by atoms with Gasteiger partial charge >= 0.3 is 0 Å². The molecular formula is C19H18FNO2S. The summed E-state index contributed by atoms with van der Waals surface area (Å²) >= 11 is 1.53. The molecule has 0 radical (unpaired) electrons. The molecule has 1 aromatic heterocycles. The second kappa shape index (κ2) is 7.53. The van der Waals surface area contributed by atoms with Crippen LogP contribution in [0.3, 0.4) is 0 Å². The minimum atomic E-state index is -0.253. The SMILES string of the molecule is C[C@H](NC(=O)CCSc1ccc(F)cc1)c1cc2ccccc2o1. The van der Waals surface area contributed by atoms with Gasteiger partial charge in [0, 0.05) is 22.5 Å². The van der Waals surface area contributed by atoms with E-state index in [1.165, 1.54) is 23.9 Å². The van der Waals surface area contributed by atoms with Crippen molar-refractivity contribution in [3.05, 3.63) is 66.2 Å². The Morgan fingerprint density at radius 1 is 1.21 bits per heavy atom. The van der Waals surface area contributed by atoms with Gasteiger partial charge in [0.15, 0.2) is 0 Å². The Labute approximate surface area is 144 Å². The zero-order valence-electron chi connectivity index (χ0n) is 13.3. The van der Waals surface area contributed by atoms with E-state index in [0.717, 1.165) is 21.6 Å². The molecule has 24 heavy (non-hydrogen) atoms. The van der Waals surface area contributed by atoms with Gasteiger partial charge in [0.05, 0.1) is 6.04 Å². The van der Waals surface area contributed by atoms with E-state index in [-0.39, 0.29) is 17.8 Å². The predicted octanol–water partition coefficient (Wildman–Crippen LogP) is 4.93. The first-order valence-electron chi connectivity index (χ1n) is 7.78. The summed E-state index contributed by atoms with van der Waals surface area (Å²) in [6, 6.07) is 15.8. The highest BCUT2D eigenvalue weighted by atomic mass is 32.2. The molecule has 0 unspecified atom stereocenters. The first-order chi connectivity index (χ1) is 11.6. The van der Waals surface area contributed by atoms with Crippen molar-refractivity contribution in [3.8, 4) is 0 Å². The molecule has 0 spiro atoms. The second-order valence-electron chi connectivity index (χ2n) is 5.53. The summed E-state index contributed by atoms with van der Waals surface area (Å²) in [7, 11) is 0. The molecule has 3 nitrogen and oxygen atoms in total. The molecule has 0 aliphatic carbocycles. The Hall–Kier alpha value is -2.27. The van der Waals surface area contributed by atoms with Crippen LogP contribution in [0, 0.1) is 5.82 Å². The van der Waals surface area contributed by atoms with Crippen LogP contribution in [-0.4, -0.2) is 11.7 Å². The number of halogens is 1. The summed E-state index contributed by atoms with van der Waals surface area (Å²) in [6.07, 6.45) is 0.395. The van der Waals surface area contributed by atoms with Crippen LogP contribution < -0.4 is 5.32 Å². The van der Waals surface area contributed by atoms with Crippen LogP contribution in [0.2, 0.25) is 0 Å². The van der Waals surface area contributed by atoms with E-state index < -0.39 is 0 Å². The number of amides is 1. The molecule has 3 rings (SSSR count). The number of thioether (sulfide) groups is 1. The van der Waals surface area contributed by atoms with E-state index in [0.29, 0.717) is 12.2 Å². The van der Waals surface area contributed by atoms with E-state index in [2.05, 4.69) is 5.32 Å². The van der Waals surface area contributed by atoms with Crippen LogP contribution in [0.15, 0.2) is 63.9 Å². The van der Waals surface area contributed by atoms with Crippen LogP contribution in [0.5, 0.6) is 0 Å². The second-order valence-corrected chi connectivity index (χ2v) is 6.70. The summed E-state index contributed by atoms with van der Waals surface area (Å²) in [5.74, 6) is 1.11. The van der Waals surface area contributed by atoms with Crippen molar-refractivity contribution >= 4 is 28.6 Å². The standard InChI is InChI=1S/C19H18FNO2S/c1-13(18-12-14-4-2-3-5-17(14)23-18)21-19(22)10-11-24-16-8-6-15(20)7-9-16/h2-9,12-13H,10-11H2,1H3,(H,21,22)/t13-/m0/s1. The van der Waals surface area contributed by atoms with Gasteiger partial charge in [0.2, 0.25) is 5.91 Å². The lowest BCUT2D eigenvalue weighted by atomic mass is 10.2. The lowest BCUT2D eigenvalue weighted by Crippen LogP contribution is -2.26. The topological polar surface area (TPSA) is 42.2 Å². The monoisotopic (exact) mass is 343 g/mol. The summed E-state index contributed by atoms with van der Waals surface area (Å²) in [5.41, 5.74) is 0.820. The Kier molecular flexibility index (Phi) is 5.20. The molecule has 124 valence electrons. The van der Waals surface area contributed by atoms with Gasteiger partial charge in [0.1, 0.15) is 17.2 Å². The van der Waals surface area contributed by atoms with Crippen molar-refractivity contribution in [3.63, 3.8) is 0 Å². The fourth-order valence-corrected chi connectivity index (χ4v) is 3.24. The van der Waals surface area contributed by atoms with Gasteiger partial charge in [-0.25, -0.2) is 4.39 Å². The minimum Gasteiger partial charge on any atom is -0.459 e. The zero-order valence-corrected chi connectivity index (χ0v) is 14.1. The fourth-order valence-electron chi connectivity index (χ4n) is 2.39. The van der Waals surface area contributed by atoms with Gasteiger partial charge in [-0.2, -0.15) is 0 Å². The van der Waals surface area contributed by atoms with Gasteiger partial charge in [-0.15, -0.1) is 11.8 Å². The average Bonchev–Trinajstić information content (AvgIpc) is 3.01. The fraction of sp³-hybridized carbons (Fsp3) is 0.211. The lowest BCUT2D eigenvalue weighted by molar-refractivity contribution is -0.121. The van der Waals surface area contributed by atoms with E-state index >= 15 is 0 Å². The highest BCUT2D eigenvalue weighted by molar-refractivity contribution is 7.99. The summed E-state index contributed by atoms with van der Waals surface area (Å²) < 4.78 is 18.6. The zero-order chi connectivity index (χ0) is 16.9. The lowest BCUT2D eigenvalue weighted by Gasteiger charge is -2.11. The Bertz CT molecular complexity index is 796. The van der Waals surface area contributed by atoms with E-state index in [4.69, 9.17) is 4.42 Å². The maximum Gasteiger partial charge on any atom is 0.221 e. The summed E-state index contributed by atoms with van der Waals surface area (Å²) in [4.78, 5) is 13.0. The maximum atomic E-state index is 12.8. The molecule has 0 bridgehead atoms. The molecule has 1 heterocycles. The van der Waals surface area contributed by atoms with Crippen LogP contribution >= 0.6 is 11.8 Å². The molecule has 0 aliphatic heterocycles. The number of carbonyl (C=O) groups excluding carboxylic acids is 1. The normalized spacial score (nSPS) is 12.2. The maximum absolute atomic E-state index is 12.8. The average molecular weight is 343 g/mol. The summed E-state index contributed by atoms with van der Waals surface area (Å²) in [5, 5.41) is 3.97. The van der Waals surface area contributed by atoms with Crippen molar-refractivity contribution in [2.45, 2.75) is 24.3 Å². The number of hydrogen-bond donors (Lipinski definition) is 1. The van der Waals surface area contributed by atoms with E-state index in [9.17, 15) is 9.18 Å². The minimum absolute atomic E-state index is 0.0300. The van der Waals surface area contributed by atoms with Crippen molar-refractivity contribution in [2.24, 2.45) is 0 Å². The van der Waals surface area contributed by atoms with Gasteiger partial charge in [-0.1, -0.05) is 18.2 Å². The van der Waals surface area contributed by atoms with E-state index in [1.54, 1.807) is 12.1 Å². The van der Waals surface area contributed by atoms with Crippen molar-refractivity contribution in [1.82, 2.24) is 5.32 Å². The first kappa shape index (κ1) is 16.6. The smallest absolute Gasteiger partial charge is 0.221 e. The molecule has 5 heteroatoms. The number of hydrogen-bond acceptors (Lipinski definition) is 3. The molecule has 1 N–H and O–H groups in total. The van der Waals surface area contributed by atoms with Gasteiger partial charge in [-0.3, -0.25) is 4.79 Å². The highest BCUT2D eigenvalue weighted by Crippen LogP contribution is 2.24. The van der Waals surface area contributed by atoms with Crippen molar-refractivity contribution in [1.29, 1.82) is 0 Å². The number of para-hydroxylation sites is 1. The Morgan fingerprint density at radius 2 is 1.96 bits per heavy atom. The third-order valence-electron chi connectivity index (χ3n) is 3.66. The van der Waals surface area contributed by atoms with Crippen molar-refractivity contribution < 1.29 is 13.6 Å². The molecule has 2 aromatic carbocycles. The largest absolute Gasteiger partial charge is 0.459 e. The predicted molar refractivity (Wildman–Crippen MR) is 94.5 cm³/mol. The third-order valence-corrected chi connectivity index (χ3v) is 4.67. The number of rotatable bonds is 6. The highest BCUT2D eigenvalue weighted by Gasteiger charge is 2.14. The molecule has 3 aromatic rings. The van der Waals surface area contributed by atoms with Gasteiger partial charge < -0.3 is 9.73 Å². The number of fused-ring (bicyclic) bond motifs is 1.